The van der Waals surface area contributed by atoms with E-state index in [2.05, 4.69) is 0 Å². The average Bonchev–Trinajstić information content (AvgIpc) is 2.59. The highest BCUT2D eigenvalue weighted by molar-refractivity contribution is 6.51. The zero-order valence-corrected chi connectivity index (χ0v) is 11.8. The number of carbonyl (C=O) groups excluding carboxylic acids is 1. The second kappa shape index (κ2) is 3.90. The number of alkyl halides is 2. The van der Waals surface area contributed by atoms with E-state index in [1.165, 1.54) is 4.90 Å². The molecule has 2 aliphatic rings. The lowest BCUT2D eigenvalue weighted by Gasteiger charge is -2.29. The van der Waals surface area contributed by atoms with Gasteiger partial charge in [0.05, 0.1) is 0 Å². The summed E-state index contributed by atoms with van der Waals surface area (Å²) in [6.45, 7) is 5.41. The maximum absolute atomic E-state index is 11.9. The number of halogens is 2. The molecule has 3 atom stereocenters. The first kappa shape index (κ1) is 13.7. The molecule has 7 heteroatoms. The third kappa shape index (κ3) is 2.14. The lowest BCUT2D eigenvalue weighted by atomic mass is 10.2. The Labute approximate surface area is 115 Å². The van der Waals surface area contributed by atoms with Crippen molar-refractivity contribution in [3.63, 3.8) is 0 Å². The zero-order valence-electron chi connectivity index (χ0n) is 10.3. The van der Waals surface area contributed by atoms with Crippen LogP contribution in [0.4, 0.5) is 4.79 Å². The molecule has 2 fully saturated rings. The quantitative estimate of drug-likeness (QED) is 0.753. The fraction of sp³-hybridized carbons (Fsp3) is 0.818. The van der Waals surface area contributed by atoms with Crippen molar-refractivity contribution >= 4 is 35.3 Å². The molecule has 1 N–H and O–H groups in total. The first-order chi connectivity index (χ1) is 8.05. The van der Waals surface area contributed by atoms with Gasteiger partial charge in [-0.05, 0) is 20.8 Å². The largest absolute Gasteiger partial charge is 0.480 e. The monoisotopic (exact) mass is 295 g/mol. The highest BCUT2D eigenvalue weighted by atomic mass is 35.5. The predicted octanol–water partition coefficient (Wildman–Crippen LogP) is 2.11. The Morgan fingerprint density at radius 2 is 1.94 bits per heavy atom. The molecular weight excluding hydrogens is 281 g/mol. The standard InChI is InChI=1S/C11H15Cl2NO4/c1-10(2,3)18-9(17)14-4-5-6(11(5,12)13)7(14)8(15)16/h5-7H,4H2,1-3H3,(H,15,16)/t5-,6-,7-/m0/s1. The Bertz CT molecular complexity index is 404. The number of ether oxygens (including phenoxy) is 1. The van der Waals surface area contributed by atoms with E-state index in [9.17, 15) is 14.7 Å². The molecule has 0 aromatic heterocycles. The number of rotatable bonds is 1. The van der Waals surface area contributed by atoms with Gasteiger partial charge in [0.15, 0.2) is 0 Å². The first-order valence-corrected chi connectivity index (χ1v) is 6.41. The van der Waals surface area contributed by atoms with E-state index >= 15 is 0 Å². The normalized spacial score (nSPS) is 32.9. The van der Waals surface area contributed by atoms with E-state index < -0.39 is 34.0 Å². The number of aliphatic carboxylic acids is 1. The second-order valence-electron chi connectivity index (χ2n) is 5.72. The van der Waals surface area contributed by atoms with E-state index in [0.29, 0.717) is 0 Å². The summed E-state index contributed by atoms with van der Waals surface area (Å²) in [4.78, 5) is 24.3. The van der Waals surface area contributed by atoms with Crippen LogP contribution in [0.5, 0.6) is 0 Å². The van der Waals surface area contributed by atoms with Crippen LogP contribution >= 0.6 is 23.2 Å². The third-order valence-corrected chi connectivity index (χ3v) is 4.28. The maximum atomic E-state index is 11.9. The number of piperidine rings is 1. The molecule has 1 aliphatic carbocycles. The van der Waals surface area contributed by atoms with Crippen LogP contribution in [0.2, 0.25) is 0 Å². The molecule has 18 heavy (non-hydrogen) atoms. The smallest absolute Gasteiger partial charge is 0.411 e. The topological polar surface area (TPSA) is 66.8 Å². The van der Waals surface area contributed by atoms with E-state index in [-0.39, 0.29) is 12.5 Å². The number of carboxylic acids is 1. The number of hydrogen-bond acceptors (Lipinski definition) is 3. The van der Waals surface area contributed by atoms with E-state index in [1.54, 1.807) is 20.8 Å². The molecule has 0 spiro atoms. The van der Waals surface area contributed by atoms with Crippen LogP contribution in [-0.4, -0.2) is 44.6 Å². The van der Waals surface area contributed by atoms with Gasteiger partial charge in [-0.2, -0.15) is 0 Å². The summed E-state index contributed by atoms with van der Waals surface area (Å²) in [5.41, 5.74) is -0.661. The number of nitrogens with zero attached hydrogens (tertiary/aromatic N) is 1. The summed E-state index contributed by atoms with van der Waals surface area (Å²) in [6, 6.07) is -1.00. The highest BCUT2D eigenvalue weighted by Gasteiger charge is 2.74. The van der Waals surface area contributed by atoms with E-state index in [1.807, 2.05) is 0 Å². The third-order valence-electron chi connectivity index (χ3n) is 3.21. The zero-order chi connectivity index (χ0) is 13.9. The average molecular weight is 296 g/mol. The molecule has 1 heterocycles. The minimum absolute atomic E-state index is 0.186. The number of likely N-dealkylation sites (tertiary alicyclic amines) is 1. The Hall–Kier alpha value is -0.680. The first-order valence-electron chi connectivity index (χ1n) is 5.66. The van der Waals surface area contributed by atoms with Crippen LogP contribution in [0.15, 0.2) is 0 Å². The fourth-order valence-electron chi connectivity index (χ4n) is 2.40. The van der Waals surface area contributed by atoms with Gasteiger partial charge in [0.2, 0.25) is 0 Å². The number of carbonyl (C=O) groups is 2. The SMILES string of the molecule is CC(C)(C)OC(=O)N1C[C@H]2[C@@H]([C@H]1C(=O)O)C2(Cl)Cl. The van der Waals surface area contributed by atoms with Crippen molar-refractivity contribution in [1.82, 2.24) is 4.90 Å². The predicted molar refractivity (Wildman–Crippen MR) is 65.8 cm³/mol. The summed E-state index contributed by atoms with van der Waals surface area (Å²) < 4.78 is 4.15. The minimum atomic E-state index is -1.10. The van der Waals surface area contributed by atoms with Gasteiger partial charge < -0.3 is 9.84 Å². The van der Waals surface area contributed by atoms with Crippen molar-refractivity contribution in [2.75, 3.05) is 6.54 Å². The van der Waals surface area contributed by atoms with Gasteiger partial charge in [-0.1, -0.05) is 0 Å². The van der Waals surface area contributed by atoms with Crippen molar-refractivity contribution in [2.45, 2.75) is 36.7 Å². The molecule has 1 saturated carbocycles. The summed E-state index contributed by atoms with van der Waals surface area (Å²) in [5, 5.41) is 9.19. The van der Waals surface area contributed by atoms with Crippen LogP contribution in [0.1, 0.15) is 20.8 Å². The van der Waals surface area contributed by atoms with Gasteiger partial charge in [-0.25, -0.2) is 9.59 Å². The van der Waals surface area contributed by atoms with Crippen LogP contribution in [0.3, 0.4) is 0 Å². The number of fused-ring (bicyclic) bond motifs is 1. The number of amides is 1. The molecule has 0 aromatic carbocycles. The van der Waals surface area contributed by atoms with E-state index in [4.69, 9.17) is 27.9 Å². The van der Waals surface area contributed by atoms with Crippen molar-refractivity contribution in [2.24, 2.45) is 11.8 Å². The summed E-state index contributed by atoms with van der Waals surface area (Å²) in [5.74, 6) is -1.70. The molecule has 0 bridgehead atoms. The van der Waals surface area contributed by atoms with Crippen LogP contribution in [0.25, 0.3) is 0 Å². The van der Waals surface area contributed by atoms with Gasteiger partial charge in [0.1, 0.15) is 16.0 Å². The lowest BCUT2D eigenvalue weighted by Crippen LogP contribution is -2.47. The Balaban J connectivity index is 2.12. The number of carboxylic acid groups (broad SMARTS) is 1. The van der Waals surface area contributed by atoms with E-state index in [0.717, 1.165) is 0 Å². The van der Waals surface area contributed by atoms with Crippen molar-refractivity contribution in [3.05, 3.63) is 0 Å². The Kier molecular flexibility index (Phi) is 2.98. The Morgan fingerprint density at radius 3 is 2.39 bits per heavy atom. The fourth-order valence-corrected chi connectivity index (χ4v) is 3.22. The van der Waals surface area contributed by atoms with Gasteiger partial charge >= 0.3 is 12.1 Å². The summed E-state index contributed by atoms with van der Waals surface area (Å²) in [6.07, 6.45) is -0.633. The maximum Gasteiger partial charge on any atom is 0.411 e. The van der Waals surface area contributed by atoms with Crippen LogP contribution in [0, 0.1) is 11.8 Å². The molecule has 1 saturated heterocycles. The van der Waals surface area contributed by atoms with Gasteiger partial charge in [-0.3, -0.25) is 4.90 Å². The highest BCUT2D eigenvalue weighted by Crippen LogP contribution is 2.65. The van der Waals surface area contributed by atoms with Crippen LogP contribution in [-0.2, 0) is 9.53 Å². The molecule has 1 amide bonds. The van der Waals surface area contributed by atoms with Gasteiger partial charge in [0, 0.05) is 18.4 Å². The molecule has 0 radical (unpaired) electrons. The molecule has 0 aromatic rings. The van der Waals surface area contributed by atoms with Crippen molar-refractivity contribution < 1.29 is 19.4 Å². The van der Waals surface area contributed by atoms with Crippen molar-refractivity contribution in [1.29, 1.82) is 0 Å². The van der Waals surface area contributed by atoms with Gasteiger partial charge in [0.25, 0.3) is 0 Å². The Morgan fingerprint density at radius 1 is 1.39 bits per heavy atom. The van der Waals surface area contributed by atoms with Crippen LogP contribution < -0.4 is 0 Å². The van der Waals surface area contributed by atoms with Crippen molar-refractivity contribution in [3.8, 4) is 0 Å². The molecule has 0 unspecified atom stereocenters. The summed E-state index contributed by atoms with van der Waals surface area (Å²) in [7, 11) is 0. The minimum Gasteiger partial charge on any atom is -0.480 e. The van der Waals surface area contributed by atoms with Gasteiger partial charge in [-0.15, -0.1) is 23.2 Å². The number of hydrogen-bond donors (Lipinski definition) is 1. The lowest BCUT2D eigenvalue weighted by molar-refractivity contribution is -0.143. The summed E-state index contributed by atoms with van der Waals surface area (Å²) >= 11 is 11.9. The molecular formula is C11H15Cl2NO4. The molecule has 5 nitrogen and oxygen atoms in total. The molecule has 2 rings (SSSR count). The molecule has 102 valence electrons. The second-order valence-corrected chi connectivity index (χ2v) is 7.17. The molecule has 1 aliphatic heterocycles.